The average molecular weight is 452 g/mol. The van der Waals surface area contributed by atoms with E-state index in [1.807, 2.05) is 0 Å². The zero-order valence-electron chi connectivity index (χ0n) is 17.5. The quantitative estimate of drug-likeness (QED) is 0.392. The maximum Gasteiger partial charge on any atom is 0.244 e. The van der Waals surface area contributed by atoms with Crippen LogP contribution in [-0.2, 0) is 16.1 Å². The number of carbonyl (C=O) groups is 2. The smallest absolute Gasteiger partial charge is 0.244 e. The fraction of sp³-hybridized carbons (Fsp3) is 0.125. The van der Waals surface area contributed by atoms with Crippen molar-refractivity contribution in [3.05, 3.63) is 95.2 Å². The SMILES string of the molecule is Nc1ccc(CNC(=O)[C@@H](CNC(=O)/C=C/c2cccc(O)c2)c2ccc(F)c(F)c2)cn1. The molecule has 33 heavy (non-hydrogen) atoms. The summed E-state index contributed by atoms with van der Waals surface area (Å²) in [4.78, 5) is 29.0. The largest absolute Gasteiger partial charge is 0.508 e. The van der Waals surface area contributed by atoms with Crippen molar-refractivity contribution in [2.75, 3.05) is 12.3 Å². The summed E-state index contributed by atoms with van der Waals surface area (Å²) >= 11 is 0. The van der Waals surface area contributed by atoms with Crippen LogP contribution >= 0.6 is 0 Å². The van der Waals surface area contributed by atoms with Gasteiger partial charge >= 0.3 is 0 Å². The minimum Gasteiger partial charge on any atom is -0.508 e. The maximum atomic E-state index is 13.8. The number of hydrogen-bond acceptors (Lipinski definition) is 5. The Morgan fingerprint density at radius 3 is 2.58 bits per heavy atom. The fourth-order valence-electron chi connectivity index (χ4n) is 3.01. The van der Waals surface area contributed by atoms with Crippen molar-refractivity contribution in [3.8, 4) is 5.75 Å². The molecule has 0 aliphatic rings. The molecule has 2 amide bonds. The molecule has 7 nitrogen and oxygen atoms in total. The number of pyridine rings is 1. The molecule has 0 radical (unpaired) electrons. The number of halogens is 2. The number of nitrogens with zero attached hydrogens (tertiary/aromatic N) is 1. The van der Waals surface area contributed by atoms with Gasteiger partial charge in [0.25, 0.3) is 0 Å². The van der Waals surface area contributed by atoms with E-state index >= 15 is 0 Å². The number of aromatic hydroxyl groups is 1. The van der Waals surface area contributed by atoms with Crippen LogP contribution in [0, 0.1) is 11.6 Å². The zero-order chi connectivity index (χ0) is 23.8. The van der Waals surface area contributed by atoms with E-state index in [1.165, 1.54) is 36.5 Å². The van der Waals surface area contributed by atoms with E-state index in [1.54, 1.807) is 24.3 Å². The first kappa shape index (κ1) is 23.4. The Kier molecular flexibility index (Phi) is 7.69. The van der Waals surface area contributed by atoms with Gasteiger partial charge in [-0.1, -0.05) is 24.3 Å². The number of aromatic nitrogens is 1. The van der Waals surface area contributed by atoms with Gasteiger partial charge in [-0.3, -0.25) is 9.59 Å². The van der Waals surface area contributed by atoms with Gasteiger partial charge in [0.2, 0.25) is 11.8 Å². The Labute approximate surface area is 189 Å². The van der Waals surface area contributed by atoms with Crippen LogP contribution in [0.4, 0.5) is 14.6 Å². The second-order valence-corrected chi connectivity index (χ2v) is 7.21. The normalized spacial score (nSPS) is 11.8. The van der Waals surface area contributed by atoms with Crippen molar-refractivity contribution >= 4 is 23.7 Å². The predicted octanol–water partition coefficient (Wildman–Crippen LogP) is 2.88. The molecule has 1 aromatic heterocycles. The molecule has 170 valence electrons. The monoisotopic (exact) mass is 452 g/mol. The second kappa shape index (κ2) is 10.9. The lowest BCUT2D eigenvalue weighted by Crippen LogP contribution is -2.37. The van der Waals surface area contributed by atoms with Crippen LogP contribution in [0.5, 0.6) is 5.75 Å². The molecule has 0 fully saturated rings. The van der Waals surface area contributed by atoms with Crippen LogP contribution in [0.2, 0.25) is 0 Å². The van der Waals surface area contributed by atoms with Crippen LogP contribution < -0.4 is 16.4 Å². The molecule has 1 heterocycles. The van der Waals surface area contributed by atoms with Gasteiger partial charge in [-0.05, 0) is 53.1 Å². The minimum atomic E-state index is -1.09. The van der Waals surface area contributed by atoms with Crippen LogP contribution in [0.25, 0.3) is 6.08 Å². The number of hydrogen-bond donors (Lipinski definition) is 4. The van der Waals surface area contributed by atoms with Gasteiger partial charge < -0.3 is 21.5 Å². The summed E-state index contributed by atoms with van der Waals surface area (Å²) in [6, 6.07) is 12.8. The molecule has 0 saturated carbocycles. The number of benzene rings is 2. The van der Waals surface area contributed by atoms with Gasteiger partial charge in [0, 0.05) is 25.4 Å². The van der Waals surface area contributed by atoms with Crippen molar-refractivity contribution in [3.63, 3.8) is 0 Å². The molecular weight excluding hydrogens is 430 g/mol. The highest BCUT2D eigenvalue weighted by molar-refractivity contribution is 5.92. The summed E-state index contributed by atoms with van der Waals surface area (Å²) in [5.74, 6) is -3.70. The Balaban J connectivity index is 1.69. The highest BCUT2D eigenvalue weighted by Gasteiger charge is 2.22. The van der Waals surface area contributed by atoms with Gasteiger partial charge in [-0.15, -0.1) is 0 Å². The maximum absolute atomic E-state index is 13.8. The number of phenols is 1. The molecule has 0 spiro atoms. The van der Waals surface area contributed by atoms with Crippen LogP contribution in [0.3, 0.4) is 0 Å². The van der Waals surface area contributed by atoms with E-state index < -0.39 is 29.4 Å². The van der Waals surface area contributed by atoms with Gasteiger partial charge in [-0.25, -0.2) is 13.8 Å². The number of phenolic OH excluding ortho intramolecular Hbond substituents is 1. The summed E-state index contributed by atoms with van der Waals surface area (Å²) in [6.45, 7) is -0.0161. The van der Waals surface area contributed by atoms with E-state index in [-0.39, 0.29) is 24.4 Å². The summed E-state index contributed by atoms with van der Waals surface area (Å²) < 4.78 is 27.2. The number of nitrogens with one attached hydrogen (secondary N) is 2. The molecule has 9 heteroatoms. The third-order valence-corrected chi connectivity index (χ3v) is 4.75. The Hall–Kier alpha value is -4.27. The van der Waals surface area contributed by atoms with E-state index in [0.717, 1.165) is 12.1 Å². The molecule has 2 aromatic carbocycles. The number of rotatable bonds is 8. The number of carbonyl (C=O) groups excluding carboxylic acids is 2. The number of nitrogen functional groups attached to an aromatic ring is 1. The van der Waals surface area contributed by atoms with E-state index in [2.05, 4.69) is 15.6 Å². The molecule has 0 bridgehead atoms. The molecular formula is C24H22F2N4O3. The summed E-state index contributed by atoms with van der Waals surface area (Å²) in [5, 5.41) is 14.8. The van der Waals surface area contributed by atoms with Crippen LogP contribution in [0.15, 0.2) is 66.9 Å². The zero-order valence-corrected chi connectivity index (χ0v) is 17.5. The standard InChI is InChI=1S/C24H22F2N4O3/c25-20-7-6-17(11-21(20)26)19(24(33)30-13-16-4-8-22(27)28-12-16)14-29-23(32)9-5-15-2-1-3-18(31)10-15/h1-12,19,31H,13-14H2,(H2,27,28)(H,29,32)(H,30,33)/b9-5+/t19-/m0/s1. The highest BCUT2D eigenvalue weighted by Crippen LogP contribution is 2.19. The van der Waals surface area contributed by atoms with Gasteiger partial charge in [-0.2, -0.15) is 0 Å². The van der Waals surface area contributed by atoms with Gasteiger partial charge in [0.1, 0.15) is 11.6 Å². The topological polar surface area (TPSA) is 117 Å². The highest BCUT2D eigenvalue weighted by atomic mass is 19.2. The fourth-order valence-corrected chi connectivity index (χ4v) is 3.01. The van der Waals surface area contributed by atoms with E-state index in [9.17, 15) is 23.5 Å². The third kappa shape index (κ3) is 6.86. The molecule has 1 atom stereocenters. The molecule has 0 unspecified atom stereocenters. The van der Waals surface area contributed by atoms with Crippen molar-refractivity contribution in [1.29, 1.82) is 0 Å². The molecule has 3 rings (SSSR count). The van der Waals surface area contributed by atoms with Crippen molar-refractivity contribution in [2.24, 2.45) is 0 Å². The average Bonchev–Trinajstić information content (AvgIpc) is 2.79. The summed E-state index contributed by atoms with van der Waals surface area (Å²) in [6.07, 6.45) is 4.25. The van der Waals surface area contributed by atoms with Crippen molar-refractivity contribution in [1.82, 2.24) is 15.6 Å². The number of anilines is 1. The second-order valence-electron chi connectivity index (χ2n) is 7.21. The molecule has 3 aromatic rings. The first-order chi connectivity index (χ1) is 15.8. The molecule has 5 N–H and O–H groups in total. The van der Waals surface area contributed by atoms with Crippen LogP contribution in [0.1, 0.15) is 22.6 Å². The molecule has 0 aliphatic heterocycles. The first-order valence-electron chi connectivity index (χ1n) is 10.00. The van der Waals surface area contributed by atoms with E-state index in [0.29, 0.717) is 16.9 Å². The predicted molar refractivity (Wildman–Crippen MR) is 120 cm³/mol. The lowest BCUT2D eigenvalue weighted by atomic mass is 9.97. The molecule has 0 saturated heterocycles. The van der Waals surface area contributed by atoms with E-state index in [4.69, 9.17) is 5.73 Å². The minimum absolute atomic E-state index is 0.0592. The summed E-state index contributed by atoms with van der Waals surface area (Å²) in [7, 11) is 0. The number of nitrogens with two attached hydrogens (primary N) is 1. The van der Waals surface area contributed by atoms with Crippen LogP contribution in [-0.4, -0.2) is 28.4 Å². The lowest BCUT2D eigenvalue weighted by Gasteiger charge is -2.18. The number of amides is 2. The molecule has 0 aliphatic carbocycles. The third-order valence-electron chi connectivity index (χ3n) is 4.75. The van der Waals surface area contributed by atoms with Gasteiger partial charge in [0.15, 0.2) is 11.6 Å². The van der Waals surface area contributed by atoms with Crippen molar-refractivity contribution < 1.29 is 23.5 Å². The van der Waals surface area contributed by atoms with Crippen molar-refractivity contribution in [2.45, 2.75) is 12.5 Å². The first-order valence-corrected chi connectivity index (χ1v) is 10.00. The Morgan fingerprint density at radius 1 is 1.06 bits per heavy atom. The Bertz CT molecular complexity index is 1170. The van der Waals surface area contributed by atoms with Gasteiger partial charge in [0.05, 0.1) is 5.92 Å². The Morgan fingerprint density at radius 2 is 1.88 bits per heavy atom. The summed E-state index contributed by atoms with van der Waals surface area (Å²) in [5.41, 5.74) is 7.06. The lowest BCUT2D eigenvalue weighted by molar-refractivity contribution is -0.123.